The van der Waals surface area contributed by atoms with Gasteiger partial charge < -0.3 is 4.74 Å². The fourth-order valence-corrected chi connectivity index (χ4v) is 3.87. The van der Waals surface area contributed by atoms with Gasteiger partial charge in [-0.1, -0.05) is 0 Å². The Morgan fingerprint density at radius 2 is 2.07 bits per heavy atom. The first-order chi connectivity index (χ1) is 6.44. The van der Waals surface area contributed by atoms with E-state index < -0.39 is 21.3 Å². The standard InChI is InChI=1S/C7H11Cl3O3S/c8-1-5(9)2-13-7-4-14(11,12)3-6(7)10/h5-7H,1-4H2/t5-,6-,7+/m0/s1. The molecule has 14 heavy (non-hydrogen) atoms. The zero-order valence-corrected chi connectivity index (χ0v) is 10.4. The van der Waals surface area contributed by atoms with E-state index in [2.05, 4.69) is 0 Å². The molecule has 0 radical (unpaired) electrons. The van der Waals surface area contributed by atoms with Gasteiger partial charge in [0.25, 0.3) is 0 Å². The number of alkyl halides is 3. The molecule has 0 aromatic rings. The summed E-state index contributed by atoms with van der Waals surface area (Å²) in [5.74, 6) is 0.230. The van der Waals surface area contributed by atoms with E-state index in [4.69, 9.17) is 39.5 Å². The third-order valence-electron chi connectivity index (χ3n) is 1.89. The molecule has 1 saturated heterocycles. The minimum atomic E-state index is -3.03. The van der Waals surface area contributed by atoms with Crippen LogP contribution < -0.4 is 0 Å². The number of sulfone groups is 1. The van der Waals surface area contributed by atoms with Crippen LogP contribution in [0.5, 0.6) is 0 Å². The maximum absolute atomic E-state index is 11.1. The molecule has 0 N–H and O–H groups in total. The fourth-order valence-electron chi connectivity index (χ4n) is 1.20. The number of hydrogen-bond donors (Lipinski definition) is 0. The highest BCUT2D eigenvalue weighted by molar-refractivity contribution is 7.91. The Labute approximate surface area is 98.6 Å². The smallest absolute Gasteiger partial charge is 0.154 e. The second-order valence-corrected chi connectivity index (χ2v) is 6.86. The second-order valence-electron chi connectivity index (χ2n) is 3.22. The molecule has 0 aliphatic carbocycles. The molecular formula is C7H11Cl3O3S. The van der Waals surface area contributed by atoms with Gasteiger partial charge in [-0.3, -0.25) is 0 Å². The van der Waals surface area contributed by atoms with E-state index in [0.717, 1.165) is 0 Å². The topological polar surface area (TPSA) is 43.4 Å². The van der Waals surface area contributed by atoms with E-state index in [9.17, 15) is 8.42 Å². The van der Waals surface area contributed by atoms with Gasteiger partial charge in [-0.15, -0.1) is 34.8 Å². The van der Waals surface area contributed by atoms with E-state index in [-0.39, 0.29) is 29.4 Å². The zero-order valence-electron chi connectivity index (χ0n) is 7.33. The van der Waals surface area contributed by atoms with Gasteiger partial charge in [-0.2, -0.15) is 0 Å². The van der Waals surface area contributed by atoms with E-state index in [0.29, 0.717) is 0 Å². The molecule has 0 saturated carbocycles. The van der Waals surface area contributed by atoms with Gasteiger partial charge in [0, 0.05) is 5.88 Å². The molecule has 7 heteroatoms. The van der Waals surface area contributed by atoms with Gasteiger partial charge >= 0.3 is 0 Å². The van der Waals surface area contributed by atoms with Gasteiger partial charge in [-0.25, -0.2) is 8.42 Å². The molecule has 84 valence electrons. The summed E-state index contributed by atoms with van der Waals surface area (Å²) in [6.45, 7) is 0.231. The molecule has 0 spiro atoms. The zero-order chi connectivity index (χ0) is 10.8. The molecule has 1 rings (SSSR count). The summed E-state index contributed by atoms with van der Waals surface area (Å²) in [5, 5.41) is -0.775. The number of halogens is 3. The van der Waals surface area contributed by atoms with Crippen molar-refractivity contribution < 1.29 is 13.2 Å². The summed E-state index contributed by atoms with van der Waals surface area (Å²) >= 11 is 17.0. The minimum Gasteiger partial charge on any atom is -0.374 e. The van der Waals surface area contributed by atoms with Crippen molar-refractivity contribution in [2.24, 2.45) is 0 Å². The molecule has 0 amide bonds. The first-order valence-electron chi connectivity index (χ1n) is 4.11. The van der Waals surface area contributed by atoms with E-state index in [1.807, 2.05) is 0 Å². The maximum atomic E-state index is 11.1. The van der Waals surface area contributed by atoms with Crippen molar-refractivity contribution in [2.45, 2.75) is 16.9 Å². The van der Waals surface area contributed by atoms with E-state index in [1.165, 1.54) is 0 Å². The van der Waals surface area contributed by atoms with Crippen molar-refractivity contribution in [1.82, 2.24) is 0 Å². The Balaban J connectivity index is 2.40. The van der Waals surface area contributed by atoms with Gasteiger partial charge in [0.05, 0.1) is 35.0 Å². The quantitative estimate of drug-likeness (QED) is 0.729. The van der Waals surface area contributed by atoms with Crippen molar-refractivity contribution in [3.05, 3.63) is 0 Å². The number of rotatable bonds is 4. The summed E-state index contributed by atoms with van der Waals surface area (Å²) in [7, 11) is -3.03. The lowest BCUT2D eigenvalue weighted by atomic mass is 10.3. The summed E-state index contributed by atoms with van der Waals surface area (Å²) in [4.78, 5) is 0. The highest BCUT2D eigenvalue weighted by Gasteiger charge is 2.37. The Morgan fingerprint density at radius 1 is 1.43 bits per heavy atom. The third kappa shape index (κ3) is 3.74. The summed E-state index contributed by atoms with van der Waals surface area (Å²) < 4.78 is 27.6. The predicted molar refractivity (Wildman–Crippen MR) is 58.4 cm³/mol. The molecular weight excluding hydrogens is 270 g/mol. The SMILES string of the molecule is O=S1(=O)C[C@H](Cl)[C@H](OC[C@@H](Cl)CCl)C1. The Kier molecular flexibility index (Phi) is 4.78. The molecule has 1 aliphatic rings. The average Bonchev–Trinajstić information content (AvgIpc) is 2.35. The fraction of sp³-hybridized carbons (Fsp3) is 1.00. The van der Waals surface area contributed by atoms with Crippen LogP contribution in [0.25, 0.3) is 0 Å². The molecule has 0 aromatic heterocycles. The first-order valence-corrected chi connectivity index (χ1v) is 7.33. The Morgan fingerprint density at radius 3 is 2.50 bits per heavy atom. The Bertz CT molecular complexity index is 280. The van der Waals surface area contributed by atoms with Gasteiger partial charge in [0.15, 0.2) is 9.84 Å². The largest absolute Gasteiger partial charge is 0.374 e. The monoisotopic (exact) mass is 280 g/mol. The van der Waals surface area contributed by atoms with Crippen LogP contribution in [0.2, 0.25) is 0 Å². The van der Waals surface area contributed by atoms with Crippen LogP contribution in [0.15, 0.2) is 0 Å². The van der Waals surface area contributed by atoms with Crippen molar-refractivity contribution in [3.8, 4) is 0 Å². The van der Waals surface area contributed by atoms with Gasteiger partial charge in [0.2, 0.25) is 0 Å². The lowest BCUT2D eigenvalue weighted by Crippen LogP contribution is -2.26. The summed E-state index contributed by atoms with van der Waals surface area (Å²) in [6.07, 6.45) is -0.453. The summed E-state index contributed by atoms with van der Waals surface area (Å²) in [6, 6.07) is 0. The molecule has 1 fully saturated rings. The number of hydrogen-bond acceptors (Lipinski definition) is 3. The van der Waals surface area contributed by atoms with Crippen LogP contribution in [0.3, 0.4) is 0 Å². The third-order valence-corrected chi connectivity index (χ3v) is 5.03. The normalized spacial score (nSPS) is 33.1. The van der Waals surface area contributed by atoms with Crippen molar-refractivity contribution in [2.75, 3.05) is 24.0 Å². The highest BCUT2D eigenvalue weighted by atomic mass is 35.5. The molecule has 0 aromatic carbocycles. The predicted octanol–water partition coefficient (Wildman–Crippen LogP) is 1.25. The Hall–Kier alpha value is 0.780. The minimum absolute atomic E-state index is 0.0208. The van der Waals surface area contributed by atoms with Crippen molar-refractivity contribution >= 4 is 44.6 Å². The second kappa shape index (κ2) is 5.21. The average molecular weight is 282 g/mol. The van der Waals surface area contributed by atoms with Gasteiger partial charge in [0.1, 0.15) is 0 Å². The summed E-state index contributed by atoms with van der Waals surface area (Å²) in [5.41, 5.74) is 0. The van der Waals surface area contributed by atoms with Gasteiger partial charge in [-0.05, 0) is 0 Å². The molecule has 3 atom stereocenters. The molecule has 0 bridgehead atoms. The van der Waals surface area contributed by atoms with Crippen molar-refractivity contribution in [3.63, 3.8) is 0 Å². The molecule has 0 unspecified atom stereocenters. The van der Waals surface area contributed by atoms with E-state index >= 15 is 0 Å². The van der Waals surface area contributed by atoms with E-state index in [1.54, 1.807) is 0 Å². The van der Waals surface area contributed by atoms with Crippen LogP contribution in [-0.4, -0.2) is 49.3 Å². The van der Waals surface area contributed by atoms with Crippen LogP contribution in [0, 0.1) is 0 Å². The molecule has 1 aliphatic heterocycles. The molecule has 1 heterocycles. The lowest BCUT2D eigenvalue weighted by Gasteiger charge is -2.14. The van der Waals surface area contributed by atoms with Crippen molar-refractivity contribution in [1.29, 1.82) is 0 Å². The highest BCUT2D eigenvalue weighted by Crippen LogP contribution is 2.21. The van der Waals surface area contributed by atoms with Crippen LogP contribution in [0.4, 0.5) is 0 Å². The van der Waals surface area contributed by atoms with Crippen LogP contribution in [-0.2, 0) is 14.6 Å². The maximum Gasteiger partial charge on any atom is 0.154 e. The molecule has 3 nitrogen and oxygen atoms in total. The van der Waals surface area contributed by atoms with Crippen LogP contribution in [0.1, 0.15) is 0 Å². The first kappa shape index (κ1) is 12.8. The lowest BCUT2D eigenvalue weighted by molar-refractivity contribution is 0.0757. The number of ether oxygens (including phenoxy) is 1. The van der Waals surface area contributed by atoms with Crippen LogP contribution >= 0.6 is 34.8 Å².